The highest BCUT2D eigenvalue weighted by Gasteiger charge is 2.17. The molecule has 0 aromatic heterocycles. The highest BCUT2D eigenvalue weighted by Crippen LogP contribution is 2.00. The summed E-state index contributed by atoms with van der Waals surface area (Å²) in [7, 11) is 0. The number of hydrogen-bond acceptors (Lipinski definition) is 4. The lowest BCUT2D eigenvalue weighted by molar-refractivity contribution is -0.141. The summed E-state index contributed by atoms with van der Waals surface area (Å²) in [6.45, 7) is 0. The van der Waals surface area contributed by atoms with Crippen LogP contribution in [0.1, 0.15) is 6.42 Å². The van der Waals surface area contributed by atoms with Crippen LogP contribution in [-0.2, 0) is 14.4 Å². The molecule has 0 heterocycles. The third-order valence-electron chi connectivity index (χ3n) is 1.60. The van der Waals surface area contributed by atoms with E-state index in [9.17, 15) is 14.4 Å². The van der Waals surface area contributed by atoms with Gasteiger partial charge in [-0.2, -0.15) is 11.8 Å². The Labute approximate surface area is 96.7 Å². The summed E-state index contributed by atoms with van der Waals surface area (Å²) in [6.07, 6.45) is 3.56. The van der Waals surface area contributed by atoms with Crippen LogP contribution in [0.15, 0.2) is 12.2 Å². The van der Waals surface area contributed by atoms with Crippen molar-refractivity contribution >= 4 is 29.6 Å². The number of carbonyl (C=O) groups excluding carboxylic acids is 1. The summed E-state index contributed by atoms with van der Waals surface area (Å²) in [5, 5.41) is 19.2. The number of nitrogens with one attached hydrogen (secondary N) is 1. The third-order valence-corrected chi connectivity index (χ3v) is 2.25. The highest BCUT2D eigenvalue weighted by atomic mass is 32.2. The molecule has 0 aromatic rings. The lowest BCUT2D eigenvalue weighted by atomic mass is 10.2. The van der Waals surface area contributed by atoms with Crippen molar-refractivity contribution in [3.05, 3.63) is 12.2 Å². The van der Waals surface area contributed by atoms with Gasteiger partial charge in [0.2, 0.25) is 5.91 Å². The Balaban J connectivity index is 4.23. The standard InChI is InChI=1S/C9H13NO5S/c1-16-5-4-6(9(14)15)10-7(11)2-3-8(12)13/h2-3,6H,4-5H2,1H3,(H,10,11)(H,12,13)(H,14,15). The number of carboxylic acid groups (broad SMARTS) is 2. The van der Waals surface area contributed by atoms with Gasteiger partial charge in [0.1, 0.15) is 6.04 Å². The van der Waals surface area contributed by atoms with Crippen molar-refractivity contribution in [2.75, 3.05) is 12.0 Å². The molecule has 0 aromatic carbocycles. The minimum absolute atomic E-state index is 0.295. The van der Waals surface area contributed by atoms with Gasteiger partial charge < -0.3 is 15.5 Å². The molecule has 0 radical (unpaired) electrons. The van der Waals surface area contributed by atoms with Gasteiger partial charge in [-0.25, -0.2) is 9.59 Å². The molecule has 0 saturated heterocycles. The Morgan fingerprint density at radius 2 is 1.94 bits per heavy atom. The predicted octanol–water partition coefficient (Wildman–Crippen LogP) is -0.0503. The lowest BCUT2D eigenvalue weighted by Gasteiger charge is -2.11. The number of amides is 1. The van der Waals surface area contributed by atoms with E-state index >= 15 is 0 Å². The Morgan fingerprint density at radius 1 is 1.31 bits per heavy atom. The van der Waals surface area contributed by atoms with E-state index in [0.717, 1.165) is 6.08 Å². The van der Waals surface area contributed by atoms with E-state index in [0.29, 0.717) is 18.2 Å². The summed E-state index contributed by atoms with van der Waals surface area (Å²) in [6, 6.07) is -0.988. The van der Waals surface area contributed by atoms with E-state index in [1.807, 2.05) is 6.26 Å². The lowest BCUT2D eigenvalue weighted by Crippen LogP contribution is -2.40. The monoisotopic (exact) mass is 247 g/mol. The van der Waals surface area contributed by atoms with Gasteiger partial charge in [0.25, 0.3) is 0 Å². The molecule has 3 N–H and O–H groups in total. The van der Waals surface area contributed by atoms with Gasteiger partial charge in [0.15, 0.2) is 0 Å². The molecule has 16 heavy (non-hydrogen) atoms. The highest BCUT2D eigenvalue weighted by molar-refractivity contribution is 7.98. The van der Waals surface area contributed by atoms with E-state index in [4.69, 9.17) is 10.2 Å². The zero-order valence-electron chi connectivity index (χ0n) is 8.67. The zero-order valence-corrected chi connectivity index (χ0v) is 9.49. The summed E-state index contributed by atoms with van der Waals surface area (Å²) >= 11 is 1.47. The molecule has 6 nitrogen and oxygen atoms in total. The Kier molecular flexibility index (Phi) is 7.02. The molecule has 0 fully saturated rings. The third kappa shape index (κ3) is 6.88. The van der Waals surface area contributed by atoms with Crippen molar-refractivity contribution in [2.45, 2.75) is 12.5 Å². The minimum atomic E-state index is -1.26. The van der Waals surface area contributed by atoms with Crippen LogP contribution in [0.4, 0.5) is 0 Å². The summed E-state index contributed by atoms with van der Waals surface area (Å²) < 4.78 is 0. The largest absolute Gasteiger partial charge is 0.480 e. The summed E-state index contributed by atoms with van der Waals surface area (Å²) in [5.74, 6) is -2.52. The smallest absolute Gasteiger partial charge is 0.328 e. The Hall–Kier alpha value is -1.50. The van der Waals surface area contributed by atoms with Crippen molar-refractivity contribution in [3.63, 3.8) is 0 Å². The average Bonchev–Trinajstić information content (AvgIpc) is 2.20. The second-order valence-electron chi connectivity index (χ2n) is 2.85. The van der Waals surface area contributed by atoms with Crippen LogP contribution < -0.4 is 5.32 Å². The van der Waals surface area contributed by atoms with Gasteiger partial charge in [-0.3, -0.25) is 4.79 Å². The average molecular weight is 247 g/mol. The molecule has 0 spiro atoms. The van der Waals surface area contributed by atoms with E-state index in [2.05, 4.69) is 5.32 Å². The molecule has 0 aliphatic heterocycles. The molecule has 1 unspecified atom stereocenters. The summed E-state index contributed by atoms with van der Waals surface area (Å²) in [5.41, 5.74) is 0. The van der Waals surface area contributed by atoms with Crippen molar-refractivity contribution in [2.24, 2.45) is 0 Å². The normalized spacial score (nSPS) is 12.3. The van der Waals surface area contributed by atoms with E-state index in [-0.39, 0.29) is 0 Å². The number of hydrogen-bond donors (Lipinski definition) is 3. The van der Waals surface area contributed by atoms with Gasteiger partial charge in [-0.05, 0) is 18.4 Å². The minimum Gasteiger partial charge on any atom is -0.480 e. The van der Waals surface area contributed by atoms with Crippen LogP contribution in [0, 0.1) is 0 Å². The van der Waals surface area contributed by atoms with Crippen LogP contribution in [0.2, 0.25) is 0 Å². The first kappa shape index (κ1) is 14.5. The maximum Gasteiger partial charge on any atom is 0.328 e. The number of aliphatic carboxylic acids is 2. The first-order valence-electron chi connectivity index (χ1n) is 4.40. The molecule has 90 valence electrons. The SMILES string of the molecule is CSCCC(NC(=O)C=CC(=O)O)C(=O)O. The van der Waals surface area contributed by atoms with Gasteiger partial charge in [0.05, 0.1) is 0 Å². The fourth-order valence-electron chi connectivity index (χ4n) is 0.860. The van der Waals surface area contributed by atoms with Gasteiger partial charge in [0, 0.05) is 12.2 Å². The number of thioether (sulfide) groups is 1. The molecular formula is C9H13NO5S. The maximum absolute atomic E-state index is 11.1. The van der Waals surface area contributed by atoms with Crippen LogP contribution >= 0.6 is 11.8 Å². The number of rotatable bonds is 7. The molecular weight excluding hydrogens is 234 g/mol. The van der Waals surface area contributed by atoms with Crippen molar-refractivity contribution < 1.29 is 24.6 Å². The first-order chi connectivity index (χ1) is 7.47. The van der Waals surface area contributed by atoms with Crippen molar-refractivity contribution in [1.29, 1.82) is 0 Å². The Morgan fingerprint density at radius 3 is 2.38 bits per heavy atom. The molecule has 7 heteroatoms. The van der Waals surface area contributed by atoms with E-state index in [1.165, 1.54) is 11.8 Å². The van der Waals surface area contributed by atoms with Crippen LogP contribution in [0.3, 0.4) is 0 Å². The summed E-state index contributed by atoms with van der Waals surface area (Å²) in [4.78, 5) is 31.9. The predicted molar refractivity (Wildman–Crippen MR) is 59.3 cm³/mol. The quantitative estimate of drug-likeness (QED) is 0.545. The van der Waals surface area contributed by atoms with Crippen LogP contribution in [-0.4, -0.2) is 46.1 Å². The fraction of sp³-hybridized carbons (Fsp3) is 0.444. The van der Waals surface area contributed by atoms with Crippen molar-refractivity contribution in [1.82, 2.24) is 5.32 Å². The molecule has 1 atom stereocenters. The maximum atomic E-state index is 11.1. The second kappa shape index (κ2) is 7.75. The first-order valence-corrected chi connectivity index (χ1v) is 5.80. The molecule has 0 aliphatic rings. The van der Waals surface area contributed by atoms with E-state index < -0.39 is 23.9 Å². The molecule has 0 bridgehead atoms. The van der Waals surface area contributed by atoms with Gasteiger partial charge >= 0.3 is 11.9 Å². The number of carbonyl (C=O) groups is 3. The Bertz CT molecular complexity index is 302. The fourth-order valence-corrected chi connectivity index (χ4v) is 1.33. The second-order valence-corrected chi connectivity index (χ2v) is 3.84. The molecule has 0 rings (SSSR count). The van der Waals surface area contributed by atoms with Crippen molar-refractivity contribution in [3.8, 4) is 0 Å². The van der Waals surface area contributed by atoms with Crippen LogP contribution in [0.5, 0.6) is 0 Å². The van der Waals surface area contributed by atoms with Gasteiger partial charge in [-0.15, -0.1) is 0 Å². The van der Waals surface area contributed by atoms with Crippen LogP contribution in [0.25, 0.3) is 0 Å². The topological polar surface area (TPSA) is 104 Å². The molecule has 0 aliphatic carbocycles. The van der Waals surface area contributed by atoms with E-state index in [1.54, 1.807) is 0 Å². The van der Waals surface area contributed by atoms with Gasteiger partial charge in [-0.1, -0.05) is 0 Å². The zero-order chi connectivity index (χ0) is 12.6. The number of carboxylic acids is 2. The molecule has 0 saturated carbocycles. The molecule has 1 amide bonds.